The van der Waals surface area contributed by atoms with E-state index in [-0.39, 0.29) is 5.78 Å². The number of nitriles is 1. The van der Waals surface area contributed by atoms with Gasteiger partial charge in [-0.15, -0.1) is 0 Å². The van der Waals surface area contributed by atoms with Crippen molar-refractivity contribution in [3.8, 4) is 6.07 Å². The van der Waals surface area contributed by atoms with Crippen LogP contribution in [0.1, 0.15) is 27.0 Å². The number of allylic oxidation sites excluding steroid dienone is 1. The van der Waals surface area contributed by atoms with Crippen LogP contribution in [0.4, 0.5) is 0 Å². The summed E-state index contributed by atoms with van der Waals surface area (Å²) in [6, 6.07) is 28.5. The van der Waals surface area contributed by atoms with Crippen molar-refractivity contribution in [2.75, 3.05) is 0 Å². The van der Waals surface area contributed by atoms with Gasteiger partial charge in [-0.1, -0.05) is 72.8 Å². The maximum absolute atomic E-state index is 12.8. The van der Waals surface area contributed by atoms with Crippen molar-refractivity contribution in [3.05, 3.63) is 113 Å². The molecule has 0 heterocycles. The summed E-state index contributed by atoms with van der Waals surface area (Å²) < 4.78 is 0. The Morgan fingerprint density at radius 2 is 1.25 bits per heavy atom. The Kier molecular flexibility index (Phi) is 4.65. The van der Waals surface area contributed by atoms with E-state index in [1.54, 1.807) is 30.3 Å². The first-order valence-corrected chi connectivity index (χ1v) is 7.65. The van der Waals surface area contributed by atoms with Crippen molar-refractivity contribution in [3.63, 3.8) is 0 Å². The van der Waals surface area contributed by atoms with Gasteiger partial charge in [0.2, 0.25) is 0 Å². The van der Waals surface area contributed by atoms with Crippen LogP contribution in [-0.2, 0) is 0 Å². The standard InChI is InChI=1S/C22H15NO/c23-16-19-13-7-8-14-20(19)22(24)15-21(17-9-3-1-4-10-17)18-11-5-2-6-12-18/h1-15H. The average molecular weight is 309 g/mol. The lowest BCUT2D eigenvalue weighted by atomic mass is 9.94. The number of hydrogen-bond donors (Lipinski definition) is 0. The van der Waals surface area contributed by atoms with Crippen molar-refractivity contribution < 1.29 is 4.79 Å². The van der Waals surface area contributed by atoms with Gasteiger partial charge in [-0.2, -0.15) is 5.26 Å². The van der Waals surface area contributed by atoms with Gasteiger partial charge in [-0.05, 0) is 34.9 Å². The van der Waals surface area contributed by atoms with Crippen molar-refractivity contribution in [2.24, 2.45) is 0 Å². The fourth-order valence-electron chi connectivity index (χ4n) is 2.57. The first-order valence-electron chi connectivity index (χ1n) is 7.65. The zero-order chi connectivity index (χ0) is 16.8. The topological polar surface area (TPSA) is 40.9 Å². The number of carbonyl (C=O) groups excluding carboxylic acids is 1. The van der Waals surface area contributed by atoms with Crippen LogP contribution in [0.5, 0.6) is 0 Å². The molecule has 0 amide bonds. The number of hydrogen-bond acceptors (Lipinski definition) is 2. The Hall–Kier alpha value is -3.44. The van der Waals surface area contributed by atoms with Crippen LogP contribution in [0.3, 0.4) is 0 Å². The second-order valence-electron chi connectivity index (χ2n) is 5.31. The molecular formula is C22H15NO. The minimum atomic E-state index is -0.171. The van der Waals surface area contributed by atoms with E-state index in [0.717, 1.165) is 16.7 Å². The Labute approximate surface area is 141 Å². The highest BCUT2D eigenvalue weighted by Gasteiger charge is 2.12. The molecule has 3 rings (SSSR count). The number of benzene rings is 3. The molecule has 0 bridgehead atoms. The lowest BCUT2D eigenvalue weighted by molar-refractivity contribution is 0.104. The molecule has 0 fully saturated rings. The van der Waals surface area contributed by atoms with Gasteiger partial charge in [0.15, 0.2) is 5.78 Å². The summed E-state index contributed by atoms with van der Waals surface area (Å²) >= 11 is 0. The molecule has 2 nitrogen and oxygen atoms in total. The molecule has 0 aliphatic heterocycles. The van der Waals surface area contributed by atoms with Crippen LogP contribution >= 0.6 is 0 Å². The number of rotatable bonds is 4. The van der Waals surface area contributed by atoms with Gasteiger partial charge in [0.1, 0.15) is 0 Å². The van der Waals surface area contributed by atoms with Crippen LogP contribution < -0.4 is 0 Å². The van der Waals surface area contributed by atoms with E-state index in [2.05, 4.69) is 6.07 Å². The van der Waals surface area contributed by atoms with Gasteiger partial charge in [-0.3, -0.25) is 4.79 Å². The third-order valence-corrected chi connectivity index (χ3v) is 3.76. The monoisotopic (exact) mass is 309 g/mol. The molecule has 0 spiro atoms. The summed E-state index contributed by atoms with van der Waals surface area (Å²) in [5, 5.41) is 9.21. The van der Waals surface area contributed by atoms with E-state index in [1.165, 1.54) is 0 Å². The van der Waals surface area contributed by atoms with E-state index in [1.807, 2.05) is 60.7 Å². The zero-order valence-electron chi connectivity index (χ0n) is 13.0. The minimum Gasteiger partial charge on any atom is -0.289 e. The number of nitrogens with zero attached hydrogens (tertiary/aromatic N) is 1. The maximum atomic E-state index is 12.8. The SMILES string of the molecule is N#Cc1ccccc1C(=O)C=C(c1ccccc1)c1ccccc1. The highest BCUT2D eigenvalue weighted by Crippen LogP contribution is 2.24. The molecule has 2 heteroatoms. The third-order valence-electron chi connectivity index (χ3n) is 3.76. The van der Waals surface area contributed by atoms with Crippen molar-refractivity contribution in [2.45, 2.75) is 0 Å². The summed E-state index contributed by atoms with van der Waals surface area (Å²) in [6.45, 7) is 0. The second kappa shape index (κ2) is 7.21. The Balaban J connectivity index is 2.11. The summed E-state index contributed by atoms with van der Waals surface area (Å²) in [7, 11) is 0. The molecule has 3 aromatic carbocycles. The largest absolute Gasteiger partial charge is 0.289 e. The van der Waals surface area contributed by atoms with Crippen LogP contribution in [0.2, 0.25) is 0 Å². The third kappa shape index (κ3) is 3.31. The normalized spacial score (nSPS) is 9.79. The molecule has 0 N–H and O–H groups in total. The van der Waals surface area contributed by atoms with E-state index in [0.29, 0.717) is 11.1 Å². The van der Waals surface area contributed by atoms with Crippen molar-refractivity contribution in [1.29, 1.82) is 5.26 Å². The van der Waals surface area contributed by atoms with Crippen LogP contribution in [-0.4, -0.2) is 5.78 Å². The molecule has 0 radical (unpaired) electrons. The molecule has 0 aromatic heterocycles. The number of ketones is 1. The maximum Gasteiger partial charge on any atom is 0.187 e. The average Bonchev–Trinajstić information content (AvgIpc) is 2.67. The van der Waals surface area contributed by atoms with Crippen molar-refractivity contribution >= 4 is 11.4 Å². The Morgan fingerprint density at radius 3 is 1.79 bits per heavy atom. The Bertz CT molecular complexity index is 877. The predicted molar refractivity (Wildman–Crippen MR) is 95.5 cm³/mol. The highest BCUT2D eigenvalue weighted by atomic mass is 16.1. The first-order chi connectivity index (χ1) is 11.8. The molecular weight excluding hydrogens is 294 g/mol. The van der Waals surface area contributed by atoms with Gasteiger partial charge < -0.3 is 0 Å². The molecule has 0 atom stereocenters. The van der Waals surface area contributed by atoms with Crippen LogP contribution in [0.25, 0.3) is 5.57 Å². The zero-order valence-corrected chi connectivity index (χ0v) is 13.0. The molecule has 0 unspecified atom stereocenters. The van der Waals surface area contributed by atoms with Gasteiger partial charge in [0, 0.05) is 5.56 Å². The molecule has 0 saturated heterocycles. The summed E-state index contributed by atoms with van der Waals surface area (Å²) in [6.07, 6.45) is 1.61. The van der Waals surface area contributed by atoms with Gasteiger partial charge >= 0.3 is 0 Å². The molecule has 0 saturated carbocycles. The predicted octanol–water partition coefficient (Wildman–Crippen LogP) is 4.87. The van der Waals surface area contributed by atoms with Crippen molar-refractivity contribution in [1.82, 2.24) is 0 Å². The highest BCUT2D eigenvalue weighted by molar-refractivity contribution is 6.11. The van der Waals surface area contributed by atoms with E-state index < -0.39 is 0 Å². The minimum absolute atomic E-state index is 0.171. The van der Waals surface area contributed by atoms with Crippen LogP contribution in [0.15, 0.2) is 91.0 Å². The molecule has 114 valence electrons. The molecule has 0 aliphatic rings. The van der Waals surface area contributed by atoms with Gasteiger partial charge in [0.25, 0.3) is 0 Å². The van der Waals surface area contributed by atoms with E-state index in [9.17, 15) is 10.1 Å². The summed E-state index contributed by atoms with van der Waals surface area (Å²) in [5.74, 6) is -0.171. The molecule has 3 aromatic rings. The summed E-state index contributed by atoms with van der Waals surface area (Å²) in [5.41, 5.74) is 3.58. The molecule has 0 aliphatic carbocycles. The lowest BCUT2D eigenvalue weighted by Gasteiger charge is -2.09. The van der Waals surface area contributed by atoms with Crippen LogP contribution in [0, 0.1) is 11.3 Å². The van der Waals surface area contributed by atoms with Gasteiger partial charge in [-0.25, -0.2) is 0 Å². The first kappa shape index (κ1) is 15.5. The molecule has 24 heavy (non-hydrogen) atoms. The van der Waals surface area contributed by atoms with E-state index in [4.69, 9.17) is 0 Å². The van der Waals surface area contributed by atoms with E-state index >= 15 is 0 Å². The number of carbonyl (C=O) groups is 1. The van der Waals surface area contributed by atoms with Gasteiger partial charge in [0.05, 0.1) is 11.6 Å². The smallest absolute Gasteiger partial charge is 0.187 e. The fraction of sp³-hybridized carbons (Fsp3) is 0. The fourth-order valence-corrected chi connectivity index (χ4v) is 2.57. The quantitative estimate of drug-likeness (QED) is 0.509. The lowest BCUT2D eigenvalue weighted by Crippen LogP contribution is -2.00. The summed E-state index contributed by atoms with van der Waals surface area (Å²) in [4.78, 5) is 12.8. The Morgan fingerprint density at radius 1 is 0.750 bits per heavy atom. The second-order valence-corrected chi connectivity index (χ2v) is 5.31.